The second-order valence-electron chi connectivity index (χ2n) is 4.57. The number of imidazole rings is 1. The van der Waals surface area contributed by atoms with E-state index < -0.39 is 0 Å². The second kappa shape index (κ2) is 5.26. The van der Waals surface area contributed by atoms with E-state index >= 15 is 0 Å². The molecule has 3 rings (SSSR count). The van der Waals surface area contributed by atoms with Gasteiger partial charge in [0, 0.05) is 18.9 Å². The van der Waals surface area contributed by atoms with Crippen molar-refractivity contribution in [1.29, 1.82) is 0 Å². The highest BCUT2D eigenvalue weighted by Crippen LogP contribution is 2.20. The standard InChI is InChI=1S/C14H16N6/c1-15-8-14-16-6-5-13(19-14)18-10-3-4-12-11(7-10)17-9-20(12)2/h3-7,9,15H,8H2,1-2H3,(H,16,18,19). The first-order valence-electron chi connectivity index (χ1n) is 6.41. The molecule has 3 aromatic rings. The van der Waals surface area contributed by atoms with Gasteiger partial charge >= 0.3 is 0 Å². The van der Waals surface area contributed by atoms with E-state index in [4.69, 9.17) is 0 Å². The zero-order valence-electron chi connectivity index (χ0n) is 11.5. The van der Waals surface area contributed by atoms with Crippen molar-refractivity contribution in [3.63, 3.8) is 0 Å². The Morgan fingerprint density at radius 2 is 2.10 bits per heavy atom. The van der Waals surface area contributed by atoms with Gasteiger partial charge in [0.1, 0.15) is 11.6 Å². The predicted octanol–water partition coefficient (Wildman–Crippen LogP) is 1.83. The summed E-state index contributed by atoms with van der Waals surface area (Å²) in [4.78, 5) is 13.0. The Bertz CT molecular complexity index is 733. The van der Waals surface area contributed by atoms with Gasteiger partial charge in [0.15, 0.2) is 0 Å². The molecule has 0 radical (unpaired) electrons. The lowest BCUT2D eigenvalue weighted by atomic mass is 10.2. The number of hydrogen-bond acceptors (Lipinski definition) is 5. The monoisotopic (exact) mass is 268 g/mol. The maximum absolute atomic E-state index is 4.43. The number of fused-ring (bicyclic) bond motifs is 1. The van der Waals surface area contributed by atoms with Crippen molar-refractivity contribution >= 4 is 22.5 Å². The molecule has 6 nitrogen and oxygen atoms in total. The Morgan fingerprint density at radius 1 is 1.20 bits per heavy atom. The molecule has 0 bridgehead atoms. The summed E-state index contributed by atoms with van der Waals surface area (Å²) in [5.41, 5.74) is 3.03. The number of nitrogens with zero attached hydrogens (tertiary/aromatic N) is 4. The Labute approximate surface area is 116 Å². The van der Waals surface area contributed by atoms with Crippen molar-refractivity contribution < 1.29 is 0 Å². The minimum atomic E-state index is 0.648. The Kier molecular flexibility index (Phi) is 3.30. The molecule has 0 aliphatic carbocycles. The predicted molar refractivity (Wildman–Crippen MR) is 78.8 cm³/mol. The van der Waals surface area contributed by atoms with Crippen LogP contribution in [0.4, 0.5) is 11.5 Å². The van der Waals surface area contributed by atoms with E-state index in [1.54, 1.807) is 6.20 Å². The van der Waals surface area contributed by atoms with Crippen LogP contribution >= 0.6 is 0 Å². The largest absolute Gasteiger partial charge is 0.340 e. The summed E-state index contributed by atoms with van der Waals surface area (Å²) >= 11 is 0. The minimum Gasteiger partial charge on any atom is -0.340 e. The summed E-state index contributed by atoms with van der Waals surface area (Å²) in [6.45, 7) is 0.648. The summed E-state index contributed by atoms with van der Waals surface area (Å²) in [7, 11) is 3.86. The van der Waals surface area contributed by atoms with Gasteiger partial charge in [-0.3, -0.25) is 0 Å². The fraction of sp³-hybridized carbons (Fsp3) is 0.214. The first kappa shape index (κ1) is 12.6. The lowest BCUT2D eigenvalue weighted by Gasteiger charge is -2.07. The molecule has 0 aliphatic rings. The quantitative estimate of drug-likeness (QED) is 0.755. The van der Waals surface area contributed by atoms with Crippen molar-refractivity contribution in [2.24, 2.45) is 7.05 Å². The summed E-state index contributed by atoms with van der Waals surface area (Å²) < 4.78 is 1.99. The van der Waals surface area contributed by atoms with Gasteiger partial charge in [-0.1, -0.05) is 0 Å². The first-order chi connectivity index (χ1) is 9.76. The van der Waals surface area contributed by atoms with Crippen LogP contribution in [0.15, 0.2) is 36.8 Å². The molecule has 0 saturated carbocycles. The Balaban J connectivity index is 1.86. The normalized spacial score (nSPS) is 10.9. The molecule has 102 valence electrons. The van der Waals surface area contributed by atoms with Crippen molar-refractivity contribution in [2.45, 2.75) is 6.54 Å². The average molecular weight is 268 g/mol. The van der Waals surface area contributed by atoms with Crippen molar-refractivity contribution in [1.82, 2.24) is 24.8 Å². The molecular weight excluding hydrogens is 252 g/mol. The molecule has 0 aliphatic heterocycles. The SMILES string of the molecule is CNCc1nccc(Nc2ccc3c(c2)ncn3C)n1. The summed E-state index contributed by atoms with van der Waals surface area (Å²) in [6, 6.07) is 7.92. The van der Waals surface area contributed by atoms with Gasteiger partial charge in [-0.05, 0) is 31.3 Å². The van der Waals surface area contributed by atoms with Crippen molar-refractivity contribution in [2.75, 3.05) is 12.4 Å². The van der Waals surface area contributed by atoms with Crippen LogP contribution in [0, 0.1) is 0 Å². The molecule has 1 aromatic carbocycles. The smallest absolute Gasteiger partial charge is 0.144 e. The van der Waals surface area contributed by atoms with Crippen LogP contribution in [-0.4, -0.2) is 26.6 Å². The maximum atomic E-state index is 4.43. The zero-order valence-corrected chi connectivity index (χ0v) is 11.5. The van der Waals surface area contributed by atoms with E-state index in [2.05, 4.69) is 25.6 Å². The van der Waals surface area contributed by atoms with Gasteiger partial charge in [-0.2, -0.15) is 0 Å². The van der Waals surface area contributed by atoms with Crippen LogP contribution in [-0.2, 0) is 13.6 Å². The zero-order chi connectivity index (χ0) is 13.9. The number of rotatable bonds is 4. The molecule has 0 amide bonds. The average Bonchev–Trinajstić information content (AvgIpc) is 2.81. The number of aromatic nitrogens is 4. The molecule has 6 heteroatoms. The van der Waals surface area contributed by atoms with Crippen LogP contribution in [0.25, 0.3) is 11.0 Å². The fourth-order valence-electron chi connectivity index (χ4n) is 2.07. The highest BCUT2D eigenvalue weighted by atomic mass is 15.1. The molecule has 0 atom stereocenters. The van der Waals surface area contributed by atoms with Crippen LogP contribution in [0.3, 0.4) is 0 Å². The number of nitrogens with one attached hydrogen (secondary N) is 2. The lowest BCUT2D eigenvalue weighted by Crippen LogP contribution is -2.09. The third kappa shape index (κ3) is 2.46. The van der Waals surface area contributed by atoms with Crippen molar-refractivity contribution in [3.8, 4) is 0 Å². The highest BCUT2D eigenvalue weighted by Gasteiger charge is 2.03. The van der Waals surface area contributed by atoms with E-state index in [0.717, 1.165) is 28.4 Å². The summed E-state index contributed by atoms with van der Waals surface area (Å²) in [6.07, 6.45) is 3.56. The number of anilines is 2. The fourth-order valence-corrected chi connectivity index (χ4v) is 2.07. The summed E-state index contributed by atoms with van der Waals surface area (Å²) in [5.74, 6) is 1.54. The minimum absolute atomic E-state index is 0.648. The lowest BCUT2D eigenvalue weighted by molar-refractivity contribution is 0.759. The molecule has 0 saturated heterocycles. The molecule has 0 spiro atoms. The van der Waals surface area contributed by atoms with Crippen molar-refractivity contribution in [3.05, 3.63) is 42.6 Å². The van der Waals surface area contributed by atoms with Gasteiger partial charge in [0.25, 0.3) is 0 Å². The van der Waals surface area contributed by atoms with Crippen LogP contribution in [0.1, 0.15) is 5.82 Å². The van der Waals surface area contributed by atoms with Crippen LogP contribution in [0.2, 0.25) is 0 Å². The second-order valence-corrected chi connectivity index (χ2v) is 4.57. The molecule has 2 heterocycles. The summed E-state index contributed by atoms with van der Waals surface area (Å²) in [5, 5.41) is 6.31. The van der Waals surface area contributed by atoms with E-state index in [-0.39, 0.29) is 0 Å². The van der Waals surface area contributed by atoms with Gasteiger partial charge in [0.05, 0.1) is 23.9 Å². The van der Waals surface area contributed by atoms with E-state index in [9.17, 15) is 0 Å². The van der Waals surface area contributed by atoms with Gasteiger partial charge < -0.3 is 15.2 Å². The molecule has 0 unspecified atom stereocenters. The van der Waals surface area contributed by atoms with E-state index in [1.807, 2.05) is 49.3 Å². The molecule has 20 heavy (non-hydrogen) atoms. The molecule has 2 aromatic heterocycles. The van der Waals surface area contributed by atoms with Crippen LogP contribution < -0.4 is 10.6 Å². The molecule has 0 fully saturated rings. The molecule has 2 N–H and O–H groups in total. The Morgan fingerprint density at radius 3 is 2.95 bits per heavy atom. The van der Waals surface area contributed by atoms with Gasteiger partial charge in [-0.15, -0.1) is 0 Å². The molecular formula is C14H16N6. The van der Waals surface area contributed by atoms with E-state index in [0.29, 0.717) is 6.54 Å². The first-order valence-corrected chi connectivity index (χ1v) is 6.41. The van der Waals surface area contributed by atoms with E-state index in [1.165, 1.54) is 0 Å². The van der Waals surface area contributed by atoms with Gasteiger partial charge in [-0.25, -0.2) is 15.0 Å². The number of benzene rings is 1. The number of aryl methyl sites for hydroxylation is 1. The topological polar surface area (TPSA) is 67.7 Å². The third-order valence-corrected chi connectivity index (χ3v) is 3.04. The highest BCUT2D eigenvalue weighted by molar-refractivity contribution is 5.80. The van der Waals surface area contributed by atoms with Gasteiger partial charge in [0.2, 0.25) is 0 Å². The maximum Gasteiger partial charge on any atom is 0.144 e. The Hall–Kier alpha value is -2.47. The van der Waals surface area contributed by atoms with Crippen LogP contribution in [0.5, 0.6) is 0 Å². The number of hydrogen-bond donors (Lipinski definition) is 2. The third-order valence-electron chi connectivity index (χ3n) is 3.04.